The van der Waals surface area contributed by atoms with E-state index in [9.17, 15) is 19.2 Å². The fraction of sp³-hybridized carbons (Fsp3) is 0.697. The van der Waals surface area contributed by atoms with Crippen LogP contribution in [-0.2, 0) is 14.4 Å². The molecule has 0 atom stereocenters. The number of halogens is 1. The Morgan fingerprint density at radius 3 is 1.49 bits per heavy atom. The number of carbonyl (C=O) groups is 4. The minimum absolute atomic E-state index is 0.0154. The van der Waals surface area contributed by atoms with E-state index in [0.29, 0.717) is 30.3 Å². The molecule has 0 saturated carbocycles. The zero-order valence-corrected chi connectivity index (χ0v) is 30.3. The maximum absolute atomic E-state index is 11.7. The van der Waals surface area contributed by atoms with Gasteiger partial charge in [0.15, 0.2) is 0 Å². The highest BCUT2D eigenvalue weighted by Crippen LogP contribution is 2.13. The number of rotatable bonds is 19. The van der Waals surface area contributed by atoms with Crippen LogP contribution in [0.5, 0.6) is 0 Å². The van der Waals surface area contributed by atoms with Gasteiger partial charge >= 0.3 is 0 Å². The molecule has 248 valence electrons. The van der Waals surface area contributed by atoms with Gasteiger partial charge < -0.3 is 14.7 Å². The number of nitrogens with zero attached hydrogens (tertiary/aromatic N) is 3. The molecule has 0 radical (unpaired) electrons. The molecule has 0 aliphatic rings. The Morgan fingerprint density at radius 1 is 0.605 bits per heavy atom. The Bertz CT molecular complexity index is 850. The van der Waals surface area contributed by atoms with Crippen LogP contribution in [0.1, 0.15) is 97.3 Å². The molecule has 0 fully saturated rings. The van der Waals surface area contributed by atoms with E-state index < -0.39 is 0 Å². The summed E-state index contributed by atoms with van der Waals surface area (Å²) in [5.41, 5.74) is 0.643. The van der Waals surface area contributed by atoms with Gasteiger partial charge in [-0.1, -0.05) is 81.1 Å². The van der Waals surface area contributed by atoms with Crippen molar-refractivity contribution in [2.45, 2.75) is 87.0 Å². The number of unbranched alkanes of at least 4 members (excludes halogenated alkanes) is 5. The Labute approximate surface area is 276 Å². The van der Waals surface area contributed by atoms with Crippen molar-refractivity contribution in [1.29, 1.82) is 0 Å². The predicted octanol–water partition coefficient (Wildman–Crippen LogP) is 7.47. The van der Waals surface area contributed by atoms with Gasteiger partial charge in [-0.3, -0.25) is 19.2 Å². The number of alkyl halides is 1. The summed E-state index contributed by atoms with van der Waals surface area (Å²) in [6, 6.07) is 9.02. The number of hydrogen-bond donors (Lipinski definition) is 0. The summed E-state index contributed by atoms with van der Waals surface area (Å²) in [7, 11) is 0. The minimum Gasteiger partial charge on any atom is -0.343 e. The van der Waals surface area contributed by atoms with Crippen LogP contribution in [-0.4, -0.2) is 99.9 Å². The molecule has 3 amide bonds. The normalized spacial score (nSPS) is 10.0. The van der Waals surface area contributed by atoms with Crippen molar-refractivity contribution in [2.75, 3.05) is 62.4 Å². The summed E-state index contributed by atoms with van der Waals surface area (Å²) in [4.78, 5) is 51.2. The molecule has 0 spiro atoms. The average molecular weight is 660 g/mol. The van der Waals surface area contributed by atoms with Crippen molar-refractivity contribution in [3.63, 3.8) is 0 Å². The summed E-state index contributed by atoms with van der Waals surface area (Å²) < 4.78 is 0. The van der Waals surface area contributed by atoms with Crippen LogP contribution < -0.4 is 0 Å². The molecule has 0 aromatic heterocycles. The van der Waals surface area contributed by atoms with Crippen LogP contribution in [0.4, 0.5) is 0 Å². The molecule has 43 heavy (non-hydrogen) atoms. The van der Waals surface area contributed by atoms with Crippen LogP contribution in [0, 0.1) is 0 Å². The van der Waals surface area contributed by atoms with Crippen molar-refractivity contribution >= 4 is 58.0 Å². The number of benzene rings is 1. The maximum atomic E-state index is 11.7. The van der Waals surface area contributed by atoms with Crippen molar-refractivity contribution in [2.24, 2.45) is 0 Å². The first-order valence-electron chi connectivity index (χ1n) is 15.9. The second-order valence-corrected chi connectivity index (χ2v) is 11.9. The van der Waals surface area contributed by atoms with E-state index in [2.05, 4.69) is 6.92 Å². The largest absolute Gasteiger partial charge is 0.343 e. The molecule has 0 aliphatic carbocycles. The van der Waals surface area contributed by atoms with Gasteiger partial charge in [-0.15, -0.1) is 11.6 Å². The van der Waals surface area contributed by atoms with E-state index in [-0.39, 0.29) is 28.6 Å². The van der Waals surface area contributed by atoms with Crippen LogP contribution in [0.15, 0.2) is 30.3 Å². The van der Waals surface area contributed by atoms with E-state index >= 15 is 0 Å². The van der Waals surface area contributed by atoms with Crippen LogP contribution in [0.2, 0.25) is 0 Å². The third-order valence-corrected chi connectivity index (χ3v) is 8.81. The molecule has 0 heterocycles. The molecule has 1 aromatic rings. The molecule has 0 saturated heterocycles. The SMILES string of the molecule is CCCCCCCCSCC(=O)N(CC)CC.CCN(CC)C(=O)CCl.CCN(CC)C(=O)CSC(=O)c1ccccc1. The van der Waals surface area contributed by atoms with Gasteiger partial charge in [-0.25, -0.2) is 0 Å². The van der Waals surface area contributed by atoms with Gasteiger partial charge in [0.1, 0.15) is 5.88 Å². The quantitative estimate of drug-likeness (QED) is 0.113. The molecule has 0 unspecified atom stereocenters. The molecular formula is C33H58ClN3O4S2. The van der Waals surface area contributed by atoms with Crippen molar-refractivity contribution in [1.82, 2.24) is 14.7 Å². The van der Waals surface area contributed by atoms with Gasteiger partial charge in [0.05, 0.1) is 11.5 Å². The van der Waals surface area contributed by atoms with E-state index in [1.165, 1.54) is 38.5 Å². The van der Waals surface area contributed by atoms with Crippen molar-refractivity contribution < 1.29 is 19.2 Å². The van der Waals surface area contributed by atoms with Crippen LogP contribution in [0.3, 0.4) is 0 Å². The second kappa shape index (κ2) is 30.3. The molecule has 1 rings (SSSR count). The van der Waals surface area contributed by atoms with E-state index in [4.69, 9.17) is 11.6 Å². The van der Waals surface area contributed by atoms with Crippen molar-refractivity contribution in [3.05, 3.63) is 35.9 Å². The summed E-state index contributed by atoms with van der Waals surface area (Å²) >= 11 is 8.17. The zero-order chi connectivity index (χ0) is 32.9. The lowest BCUT2D eigenvalue weighted by Gasteiger charge is -2.18. The summed E-state index contributed by atoms with van der Waals surface area (Å²) in [5.74, 6) is 2.45. The van der Waals surface area contributed by atoms with Crippen LogP contribution in [0.25, 0.3) is 0 Å². The summed E-state index contributed by atoms with van der Waals surface area (Å²) in [6.07, 6.45) is 8.00. The Hall–Kier alpha value is -1.71. The smallest absolute Gasteiger partial charge is 0.237 e. The third-order valence-electron chi connectivity index (χ3n) is 6.67. The molecule has 0 bridgehead atoms. The second-order valence-electron chi connectivity index (χ2n) is 9.59. The Balaban J connectivity index is 0. The number of carbonyl (C=O) groups excluding carboxylic acids is 4. The zero-order valence-electron chi connectivity index (χ0n) is 27.9. The molecule has 0 N–H and O–H groups in total. The molecular weight excluding hydrogens is 602 g/mol. The van der Waals surface area contributed by atoms with E-state index in [1.807, 2.05) is 64.6 Å². The molecule has 1 aromatic carbocycles. The number of hydrogen-bond acceptors (Lipinski definition) is 6. The minimum atomic E-state index is -0.0499. The first-order valence-corrected chi connectivity index (χ1v) is 18.6. The highest BCUT2D eigenvalue weighted by atomic mass is 35.5. The Morgan fingerprint density at radius 2 is 1.05 bits per heavy atom. The van der Waals surface area contributed by atoms with Crippen molar-refractivity contribution in [3.8, 4) is 0 Å². The molecule has 0 aliphatic heterocycles. The van der Waals surface area contributed by atoms with Crippen LogP contribution >= 0.6 is 35.1 Å². The van der Waals surface area contributed by atoms with E-state index in [1.54, 1.807) is 33.7 Å². The van der Waals surface area contributed by atoms with Gasteiger partial charge in [0.25, 0.3) is 0 Å². The predicted molar refractivity (Wildman–Crippen MR) is 188 cm³/mol. The monoisotopic (exact) mass is 659 g/mol. The fourth-order valence-corrected chi connectivity index (χ4v) is 5.74. The molecule has 7 nitrogen and oxygen atoms in total. The van der Waals surface area contributed by atoms with Gasteiger partial charge in [0.2, 0.25) is 22.8 Å². The summed E-state index contributed by atoms with van der Waals surface area (Å²) in [6.45, 7) is 18.6. The number of amides is 3. The fourth-order valence-electron chi connectivity index (χ4n) is 3.92. The Kier molecular flexibility index (Phi) is 30.6. The number of thioether (sulfide) groups is 2. The lowest BCUT2D eigenvalue weighted by Crippen LogP contribution is -2.32. The standard InChI is InChI=1S/C14H29NOS.C13H17NO2S.C6H12ClNO/c1-4-7-8-9-10-11-12-17-13-14(16)15(5-2)6-3;1-3-14(4-2)12(15)10-17-13(16)11-8-6-5-7-9-11;1-3-8(4-2)6(9)5-7/h4-13H2,1-3H3;5-9H,3-4,10H2,1-2H3;3-5H2,1-2H3. The highest BCUT2D eigenvalue weighted by Gasteiger charge is 2.13. The lowest BCUT2D eigenvalue weighted by atomic mass is 10.1. The lowest BCUT2D eigenvalue weighted by molar-refractivity contribution is -0.128. The topological polar surface area (TPSA) is 78.0 Å². The van der Waals surface area contributed by atoms with Gasteiger partial charge in [-0.2, -0.15) is 11.8 Å². The first kappa shape index (κ1) is 43.4. The molecule has 10 heteroatoms. The maximum Gasteiger partial charge on any atom is 0.237 e. The average Bonchev–Trinajstić information content (AvgIpc) is 3.03. The summed E-state index contributed by atoms with van der Waals surface area (Å²) in [5, 5.41) is -0.0499. The third kappa shape index (κ3) is 22.5. The van der Waals surface area contributed by atoms with Gasteiger partial charge in [-0.05, 0) is 53.7 Å². The van der Waals surface area contributed by atoms with E-state index in [0.717, 1.165) is 43.7 Å². The highest BCUT2D eigenvalue weighted by molar-refractivity contribution is 8.14. The van der Waals surface area contributed by atoms with Gasteiger partial charge in [0, 0.05) is 44.8 Å². The first-order chi connectivity index (χ1) is 20.7.